The van der Waals surface area contributed by atoms with E-state index in [0.29, 0.717) is 22.5 Å². The number of imide groups is 1. The van der Waals surface area contributed by atoms with Crippen molar-refractivity contribution in [3.63, 3.8) is 0 Å². The van der Waals surface area contributed by atoms with E-state index in [0.717, 1.165) is 10.5 Å². The van der Waals surface area contributed by atoms with Gasteiger partial charge in [0.15, 0.2) is 0 Å². The number of carbonyl (C=O) groups excluding carboxylic acids is 4. The van der Waals surface area contributed by atoms with Crippen molar-refractivity contribution in [3.05, 3.63) is 95.6 Å². The van der Waals surface area contributed by atoms with Crippen molar-refractivity contribution in [2.45, 2.75) is 19.4 Å². The first kappa shape index (κ1) is 21.0. The molecular formula is C25H21N3O4. The number of benzene rings is 3. The molecule has 0 saturated carbocycles. The summed E-state index contributed by atoms with van der Waals surface area (Å²) in [6, 6.07) is 21.4. The second-order valence-corrected chi connectivity index (χ2v) is 7.48. The van der Waals surface area contributed by atoms with Crippen LogP contribution >= 0.6 is 0 Å². The van der Waals surface area contributed by atoms with Crippen LogP contribution in [-0.2, 0) is 16.0 Å². The molecule has 1 aliphatic heterocycles. The molecule has 0 radical (unpaired) electrons. The lowest BCUT2D eigenvalue weighted by Crippen LogP contribution is -2.48. The van der Waals surface area contributed by atoms with E-state index in [4.69, 9.17) is 0 Å². The average Bonchev–Trinajstić information content (AvgIpc) is 3.04. The van der Waals surface area contributed by atoms with Crippen LogP contribution in [0, 0.1) is 0 Å². The molecule has 1 atom stereocenters. The summed E-state index contributed by atoms with van der Waals surface area (Å²) in [7, 11) is 0. The van der Waals surface area contributed by atoms with E-state index >= 15 is 0 Å². The number of hydrogen-bond acceptors (Lipinski definition) is 4. The molecule has 1 aliphatic rings. The van der Waals surface area contributed by atoms with Crippen LogP contribution in [-0.4, -0.2) is 34.6 Å². The van der Waals surface area contributed by atoms with Crippen LogP contribution in [0.2, 0.25) is 0 Å². The minimum absolute atomic E-state index is 0.183. The van der Waals surface area contributed by atoms with Crippen LogP contribution < -0.4 is 10.6 Å². The maximum absolute atomic E-state index is 13.3. The highest BCUT2D eigenvalue weighted by molar-refractivity contribution is 6.23. The Morgan fingerprint density at radius 2 is 1.25 bits per heavy atom. The third-order valence-corrected chi connectivity index (χ3v) is 5.18. The molecule has 0 bridgehead atoms. The third kappa shape index (κ3) is 4.27. The summed E-state index contributed by atoms with van der Waals surface area (Å²) in [5, 5.41) is 5.45. The van der Waals surface area contributed by atoms with Gasteiger partial charge in [-0.25, -0.2) is 0 Å². The van der Waals surface area contributed by atoms with Crippen molar-refractivity contribution in [2.75, 3.05) is 10.6 Å². The summed E-state index contributed by atoms with van der Waals surface area (Å²) in [5.41, 5.74) is 2.49. The highest BCUT2D eigenvalue weighted by atomic mass is 16.2. The van der Waals surface area contributed by atoms with E-state index in [9.17, 15) is 19.2 Å². The number of anilines is 2. The largest absolute Gasteiger partial charge is 0.326 e. The molecule has 3 aromatic carbocycles. The summed E-state index contributed by atoms with van der Waals surface area (Å²) in [4.78, 5) is 51.6. The number of nitrogens with one attached hydrogen (secondary N) is 2. The normalized spacial score (nSPS) is 13.5. The van der Waals surface area contributed by atoms with Gasteiger partial charge in [0.25, 0.3) is 11.8 Å². The fourth-order valence-corrected chi connectivity index (χ4v) is 3.70. The highest BCUT2D eigenvalue weighted by Gasteiger charge is 2.42. The molecule has 0 unspecified atom stereocenters. The number of nitrogens with zero attached hydrogens (tertiary/aromatic N) is 1. The zero-order valence-corrected chi connectivity index (χ0v) is 17.4. The quantitative estimate of drug-likeness (QED) is 0.589. The van der Waals surface area contributed by atoms with Gasteiger partial charge in [0, 0.05) is 24.7 Å². The van der Waals surface area contributed by atoms with Crippen molar-refractivity contribution in [3.8, 4) is 0 Å². The molecular weight excluding hydrogens is 406 g/mol. The molecule has 0 spiro atoms. The zero-order valence-electron chi connectivity index (χ0n) is 17.4. The van der Waals surface area contributed by atoms with Crippen molar-refractivity contribution in [2.24, 2.45) is 0 Å². The van der Waals surface area contributed by atoms with Crippen molar-refractivity contribution in [1.82, 2.24) is 4.90 Å². The van der Waals surface area contributed by atoms with E-state index in [1.807, 2.05) is 30.3 Å². The Hall–Kier alpha value is -4.26. The van der Waals surface area contributed by atoms with Crippen LogP contribution in [0.15, 0.2) is 78.9 Å². The van der Waals surface area contributed by atoms with Gasteiger partial charge in [-0.05, 0) is 42.0 Å². The smallest absolute Gasteiger partial charge is 0.262 e. The monoisotopic (exact) mass is 427 g/mol. The summed E-state index contributed by atoms with van der Waals surface area (Å²) in [6.45, 7) is 1.41. The summed E-state index contributed by atoms with van der Waals surface area (Å²) < 4.78 is 0. The van der Waals surface area contributed by atoms with Crippen LogP contribution in [0.1, 0.15) is 33.2 Å². The van der Waals surface area contributed by atoms with Gasteiger partial charge in [0.1, 0.15) is 6.04 Å². The van der Waals surface area contributed by atoms with Crippen LogP contribution in [0.25, 0.3) is 0 Å². The minimum atomic E-state index is -1.03. The van der Waals surface area contributed by atoms with Crippen molar-refractivity contribution < 1.29 is 19.2 Å². The lowest BCUT2D eigenvalue weighted by atomic mass is 10.0. The van der Waals surface area contributed by atoms with Gasteiger partial charge in [-0.15, -0.1) is 0 Å². The standard InChI is InChI=1S/C25H21N3O4/c1-16(29)26-18-11-13-19(14-12-18)27-23(30)22(15-17-7-3-2-4-8-17)28-24(31)20-9-5-6-10-21(20)25(28)32/h2-14,22H,15H2,1H3,(H,26,29)(H,27,30)/t22-/m1/s1. The van der Waals surface area contributed by atoms with Crippen molar-refractivity contribution in [1.29, 1.82) is 0 Å². The average molecular weight is 427 g/mol. The van der Waals surface area contributed by atoms with Gasteiger partial charge in [-0.1, -0.05) is 42.5 Å². The zero-order chi connectivity index (χ0) is 22.7. The second kappa shape index (κ2) is 8.85. The van der Waals surface area contributed by atoms with E-state index in [1.165, 1.54) is 6.92 Å². The molecule has 1 heterocycles. The molecule has 0 aliphatic carbocycles. The molecule has 0 aromatic heterocycles. The molecule has 0 fully saturated rings. The number of rotatable bonds is 6. The Morgan fingerprint density at radius 3 is 1.78 bits per heavy atom. The van der Waals surface area contributed by atoms with Gasteiger partial charge in [-0.3, -0.25) is 24.1 Å². The Labute approximate surface area is 185 Å². The molecule has 7 heteroatoms. The predicted octanol–water partition coefficient (Wildman–Crippen LogP) is 3.49. The number of fused-ring (bicyclic) bond motifs is 1. The van der Waals surface area contributed by atoms with Gasteiger partial charge >= 0.3 is 0 Å². The summed E-state index contributed by atoms with van der Waals surface area (Å²) >= 11 is 0. The van der Waals surface area contributed by atoms with Gasteiger partial charge in [-0.2, -0.15) is 0 Å². The maximum Gasteiger partial charge on any atom is 0.262 e. The van der Waals surface area contributed by atoms with E-state index in [2.05, 4.69) is 10.6 Å². The first-order chi connectivity index (χ1) is 15.4. The molecule has 4 rings (SSSR count). The van der Waals surface area contributed by atoms with E-state index < -0.39 is 23.8 Å². The molecule has 7 nitrogen and oxygen atoms in total. The molecule has 4 amide bonds. The summed E-state index contributed by atoms with van der Waals surface area (Å²) in [5.74, 6) is -1.64. The lowest BCUT2D eigenvalue weighted by Gasteiger charge is -2.25. The molecule has 3 aromatic rings. The number of amides is 4. The van der Waals surface area contributed by atoms with Crippen molar-refractivity contribution >= 4 is 35.0 Å². The maximum atomic E-state index is 13.3. The fraction of sp³-hybridized carbons (Fsp3) is 0.120. The van der Waals surface area contributed by atoms with Gasteiger partial charge < -0.3 is 10.6 Å². The fourth-order valence-electron chi connectivity index (χ4n) is 3.70. The Bertz CT molecular complexity index is 1150. The molecule has 2 N–H and O–H groups in total. The summed E-state index contributed by atoms with van der Waals surface area (Å²) in [6.07, 6.45) is 0.183. The lowest BCUT2D eigenvalue weighted by molar-refractivity contribution is -0.120. The Balaban J connectivity index is 1.61. The van der Waals surface area contributed by atoms with E-state index in [1.54, 1.807) is 48.5 Å². The van der Waals surface area contributed by atoms with Crippen LogP contribution in [0.5, 0.6) is 0 Å². The first-order valence-electron chi connectivity index (χ1n) is 10.1. The Kier molecular flexibility index (Phi) is 5.81. The molecule has 160 valence electrons. The SMILES string of the molecule is CC(=O)Nc1ccc(NC(=O)[C@@H](Cc2ccccc2)N2C(=O)c3ccccc3C2=O)cc1. The second-order valence-electron chi connectivity index (χ2n) is 7.48. The highest BCUT2D eigenvalue weighted by Crippen LogP contribution is 2.27. The van der Waals surface area contributed by atoms with E-state index in [-0.39, 0.29) is 12.3 Å². The predicted molar refractivity (Wildman–Crippen MR) is 120 cm³/mol. The molecule has 0 saturated heterocycles. The third-order valence-electron chi connectivity index (χ3n) is 5.18. The number of carbonyl (C=O) groups is 4. The van der Waals surface area contributed by atoms with Crippen LogP contribution in [0.3, 0.4) is 0 Å². The van der Waals surface area contributed by atoms with Gasteiger partial charge in [0.05, 0.1) is 11.1 Å². The van der Waals surface area contributed by atoms with Gasteiger partial charge in [0.2, 0.25) is 11.8 Å². The number of hydrogen-bond donors (Lipinski definition) is 2. The topological polar surface area (TPSA) is 95.6 Å². The Morgan fingerprint density at radius 1 is 0.750 bits per heavy atom. The minimum Gasteiger partial charge on any atom is -0.326 e. The molecule has 32 heavy (non-hydrogen) atoms. The first-order valence-corrected chi connectivity index (χ1v) is 10.1. The van der Waals surface area contributed by atoms with Crippen LogP contribution in [0.4, 0.5) is 11.4 Å².